The first kappa shape index (κ1) is 13.0. The number of pyridine rings is 1. The van der Waals surface area contributed by atoms with Crippen LogP contribution < -0.4 is 10.1 Å². The molecule has 0 unspecified atom stereocenters. The highest BCUT2D eigenvalue weighted by Crippen LogP contribution is 2.24. The van der Waals surface area contributed by atoms with Crippen LogP contribution in [-0.4, -0.2) is 11.0 Å². The number of halogens is 2. The van der Waals surface area contributed by atoms with Crippen molar-refractivity contribution < 1.29 is 13.5 Å². The van der Waals surface area contributed by atoms with Crippen molar-refractivity contribution in [1.29, 1.82) is 0 Å². The van der Waals surface area contributed by atoms with Gasteiger partial charge in [0.15, 0.2) is 11.6 Å². The van der Waals surface area contributed by atoms with E-state index in [1.165, 1.54) is 12.8 Å². The van der Waals surface area contributed by atoms with E-state index in [2.05, 4.69) is 10.3 Å². The number of aromatic nitrogens is 1. The molecule has 0 radical (unpaired) electrons. The fourth-order valence-electron chi connectivity index (χ4n) is 1.79. The molecule has 104 valence electrons. The van der Waals surface area contributed by atoms with Crippen LogP contribution in [0.1, 0.15) is 18.4 Å². The molecule has 1 saturated carbocycles. The molecule has 1 heterocycles. The van der Waals surface area contributed by atoms with E-state index >= 15 is 0 Å². The molecule has 2 aromatic rings. The molecule has 1 aromatic carbocycles. The summed E-state index contributed by atoms with van der Waals surface area (Å²) in [6.45, 7) is 0.756. The number of hydrogen-bond acceptors (Lipinski definition) is 3. The molecule has 20 heavy (non-hydrogen) atoms. The Kier molecular flexibility index (Phi) is 3.60. The van der Waals surface area contributed by atoms with E-state index in [0.29, 0.717) is 6.04 Å². The SMILES string of the molecule is Fc1ccc(F)c(Oc2ccc(CNC3CC3)cn2)c1. The molecule has 5 heteroatoms. The lowest BCUT2D eigenvalue weighted by Crippen LogP contribution is -2.15. The van der Waals surface area contributed by atoms with Crippen LogP contribution in [-0.2, 0) is 6.54 Å². The van der Waals surface area contributed by atoms with Crippen molar-refractivity contribution in [3.8, 4) is 11.6 Å². The first-order valence-electron chi connectivity index (χ1n) is 6.52. The average Bonchev–Trinajstić information content (AvgIpc) is 3.26. The molecule has 0 bridgehead atoms. The van der Waals surface area contributed by atoms with Gasteiger partial charge in [-0.2, -0.15) is 0 Å². The van der Waals surface area contributed by atoms with Crippen molar-refractivity contribution in [2.24, 2.45) is 0 Å². The summed E-state index contributed by atoms with van der Waals surface area (Å²) >= 11 is 0. The Morgan fingerprint density at radius 1 is 1.20 bits per heavy atom. The van der Waals surface area contributed by atoms with Crippen molar-refractivity contribution in [1.82, 2.24) is 10.3 Å². The summed E-state index contributed by atoms with van der Waals surface area (Å²) in [6.07, 6.45) is 4.13. The second-order valence-electron chi connectivity index (χ2n) is 4.84. The van der Waals surface area contributed by atoms with Gasteiger partial charge in [0.25, 0.3) is 0 Å². The highest BCUT2D eigenvalue weighted by molar-refractivity contribution is 5.29. The first-order chi connectivity index (χ1) is 9.70. The predicted molar refractivity (Wildman–Crippen MR) is 70.5 cm³/mol. The molecular weight excluding hydrogens is 262 g/mol. The molecule has 1 aromatic heterocycles. The Labute approximate surface area is 115 Å². The van der Waals surface area contributed by atoms with Crippen LogP contribution >= 0.6 is 0 Å². The first-order valence-corrected chi connectivity index (χ1v) is 6.52. The van der Waals surface area contributed by atoms with Crippen molar-refractivity contribution in [2.45, 2.75) is 25.4 Å². The number of hydrogen-bond donors (Lipinski definition) is 1. The summed E-state index contributed by atoms with van der Waals surface area (Å²) in [4.78, 5) is 4.09. The van der Waals surface area contributed by atoms with Crippen molar-refractivity contribution in [2.75, 3.05) is 0 Å². The summed E-state index contributed by atoms with van der Waals surface area (Å²) in [5.74, 6) is -1.09. The van der Waals surface area contributed by atoms with E-state index in [-0.39, 0.29) is 11.6 Å². The quantitative estimate of drug-likeness (QED) is 0.908. The van der Waals surface area contributed by atoms with Gasteiger partial charge < -0.3 is 10.1 Å². The predicted octanol–water partition coefficient (Wildman–Crippen LogP) is 3.40. The Morgan fingerprint density at radius 3 is 2.75 bits per heavy atom. The lowest BCUT2D eigenvalue weighted by molar-refractivity contribution is 0.422. The molecule has 0 amide bonds. The Bertz CT molecular complexity index is 597. The Morgan fingerprint density at radius 2 is 2.05 bits per heavy atom. The zero-order chi connectivity index (χ0) is 13.9. The van der Waals surface area contributed by atoms with Gasteiger partial charge in [-0.1, -0.05) is 6.07 Å². The summed E-state index contributed by atoms with van der Waals surface area (Å²) in [5, 5.41) is 3.37. The maximum absolute atomic E-state index is 13.4. The van der Waals surface area contributed by atoms with Gasteiger partial charge in [-0.3, -0.25) is 0 Å². The van der Waals surface area contributed by atoms with Gasteiger partial charge in [-0.25, -0.2) is 13.8 Å². The topological polar surface area (TPSA) is 34.1 Å². The molecule has 0 spiro atoms. The normalized spacial score (nSPS) is 14.3. The van der Waals surface area contributed by atoms with Crippen molar-refractivity contribution in [3.05, 3.63) is 53.7 Å². The standard InChI is InChI=1S/C15H14F2N2O/c16-11-2-5-13(17)14(7-11)20-15-6-1-10(9-19-15)8-18-12-3-4-12/h1-2,5-7,9,12,18H,3-4,8H2. The van der Waals surface area contributed by atoms with Crippen LogP contribution in [0.2, 0.25) is 0 Å². The second-order valence-corrected chi connectivity index (χ2v) is 4.84. The molecule has 0 atom stereocenters. The minimum atomic E-state index is -0.618. The van der Waals surface area contributed by atoms with Crippen molar-refractivity contribution >= 4 is 0 Å². The van der Waals surface area contributed by atoms with Crippen LogP contribution in [0.25, 0.3) is 0 Å². The molecule has 3 rings (SSSR count). The third kappa shape index (κ3) is 3.30. The summed E-state index contributed by atoms with van der Waals surface area (Å²) in [7, 11) is 0. The zero-order valence-electron chi connectivity index (χ0n) is 10.8. The van der Waals surface area contributed by atoms with Gasteiger partial charge in [0.2, 0.25) is 5.88 Å². The fraction of sp³-hybridized carbons (Fsp3) is 0.267. The highest BCUT2D eigenvalue weighted by atomic mass is 19.1. The number of nitrogens with zero attached hydrogens (tertiary/aromatic N) is 1. The molecule has 1 aliphatic carbocycles. The number of ether oxygens (including phenoxy) is 1. The van der Waals surface area contributed by atoms with E-state index in [1.807, 2.05) is 6.07 Å². The largest absolute Gasteiger partial charge is 0.436 e. The smallest absolute Gasteiger partial charge is 0.219 e. The summed E-state index contributed by atoms with van der Waals surface area (Å²) in [5.41, 5.74) is 1.03. The zero-order valence-corrected chi connectivity index (χ0v) is 10.8. The maximum atomic E-state index is 13.4. The van der Waals surface area contributed by atoms with Gasteiger partial charge in [-0.15, -0.1) is 0 Å². The van der Waals surface area contributed by atoms with Gasteiger partial charge in [0, 0.05) is 30.9 Å². The lowest BCUT2D eigenvalue weighted by Gasteiger charge is -2.07. The molecular formula is C15H14F2N2O. The molecule has 0 aliphatic heterocycles. The molecule has 1 aliphatic rings. The Hall–Kier alpha value is -2.01. The van der Waals surface area contributed by atoms with Crippen LogP contribution in [0, 0.1) is 11.6 Å². The van der Waals surface area contributed by atoms with Crippen molar-refractivity contribution in [3.63, 3.8) is 0 Å². The van der Waals surface area contributed by atoms with E-state index in [1.54, 1.807) is 12.3 Å². The summed E-state index contributed by atoms with van der Waals surface area (Å²) < 4.78 is 31.7. The van der Waals surface area contributed by atoms with Crippen LogP contribution in [0.4, 0.5) is 8.78 Å². The summed E-state index contributed by atoms with van der Waals surface area (Å²) in [6, 6.07) is 7.20. The third-order valence-electron chi connectivity index (χ3n) is 3.08. The van der Waals surface area contributed by atoms with E-state index < -0.39 is 11.6 Å². The third-order valence-corrected chi connectivity index (χ3v) is 3.08. The van der Waals surface area contributed by atoms with E-state index in [0.717, 1.165) is 30.3 Å². The van der Waals surface area contributed by atoms with E-state index in [4.69, 9.17) is 4.74 Å². The number of rotatable bonds is 5. The van der Waals surface area contributed by atoms with Gasteiger partial charge in [-0.05, 0) is 30.5 Å². The number of nitrogens with one attached hydrogen (secondary N) is 1. The minimum absolute atomic E-state index is 0.165. The highest BCUT2D eigenvalue weighted by Gasteiger charge is 2.19. The lowest BCUT2D eigenvalue weighted by atomic mass is 10.3. The Balaban J connectivity index is 1.66. The molecule has 1 N–H and O–H groups in total. The number of benzene rings is 1. The van der Waals surface area contributed by atoms with Gasteiger partial charge >= 0.3 is 0 Å². The second kappa shape index (κ2) is 5.54. The maximum Gasteiger partial charge on any atom is 0.219 e. The minimum Gasteiger partial charge on any atom is -0.436 e. The monoisotopic (exact) mass is 276 g/mol. The van der Waals surface area contributed by atoms with Crippen LogP contribution in [0.3, 0.4) is 0 Å². The molecule has 0 saturated heterocycles. The average molecular weight is 276 g/mol. The van der Waals surface area contributed by atoms with Gasteiger partial charge in [0.05, 0.1) is 0 Å². The van der Waals surface area contributed by atoms with Crippen LogP contribution in [0.15, 0.2) is 36.5 Å². The fourth-order valence-corrected chi connectivity index (χ4v) is 1.79. The van der Waals surface area contributed by atoms with Crippen LogP contribution in [0.5, 0.6) is 11.6 Å². The van der Waals surface area contributed by atoms with Gasteiger partial charge in [0.1, 0.15) is 5.82 Å². The van der Waals surface area contributed by atoms with E-state index in [9.17, 15) is 8.78 Å². The molecule has 3 nitrogen and oxygen atoms in total. The molecule has 1 fully saturated rings.